The molecule has 0 unspecified atom stereocenters. The van der Waals surface area contributed by atoms with Crippen LogP contribution < -0.4 is 10.6 Å². The van der Waals surface area contributed by atoms with E-state index in [9.17, 15) is 0 Å². The van der Waals surface area contributed by atoms with Crippen LogP contribution in [-0.4, -0.2) is 13.6 Å². The van der Waals surface area contributed by atoms with Crippen LogP contribution in [0.25, 0.3) is 5.57 Å². The minimum absolute atomic E-state index is 0.915. The lowest BCUT2D eigenvalue weighted by Gasteiger charge is -2.14. The quantitative estimate of drug-likeness (QED) is 0.633. The highest BCUT2D eigenvalue weighted by atomic mass is 14.9. The Morgan fingerprint density at radius 3 is 2.52 bits per heavy atom. The minimum atomic E-state index is 0.915. The molecule has 0 aliphatic heterocycles. The molecule has 0 bridgehead atoms. The highest BCUT2D eigenvalue weighted by Gasteiger charge is 2.06. The topological polar surface area (TPSA) is 24.1 Å². The molecular formula is C19H30N2. The maximum Gasteiger partial charge on any atom is 0.0340 e. The zero-order chi connectivity index (χ0) is 15.7. The lowest BCUT2D eigenvalue weighted by atomic mass is 9.96. The zero-order valence-corrected chi connectivity index (χ0v) is 13.9. The van der Waals surface area contributed by atoms with E-state index in [4.69, 9.17) is 0 Å². The molecule has 0 aliphatic carbocycles. The summed E-state index contributed by atoms with van der Waals surface area (Å²) in [5.74, 6) is 0. The Kier molecular flexibility index (Phi) is 7.66. The van der Waals surface area contributed by atoms with Crippen LogP contribution in [0.5, 0.6) is 0 Å². The first-order chi connectivity index (χ1) is 10.1. The van der Waals surface area contributed by atoms with Crippen LogP contribution in [0, 0.1) is 0 Å². The van der Waals surface area contributed by atoms with Gasteiger partial charge in [0.1, 0.15) is 0 Å². The molecule has 1 aromatic carbocycles. The van der Waals surface area contributed by atoms with Gasteiger partial charge in [0, 0.05) is 25.0 Å². The second-order valence-corrected chi connectivity index (χ2v) is 5.46. The number of hydrogen-bond acceptors (Lipinski definition) is 2. The van der Waals surface area contributed by atoms with Crippen LogP contribution in [0.3, 0.4) is 0 Å². The molecule has 0 atom stereocenters. The summed E-state index contributed by atoms with van der Waals surface area (Å²) < 4.78 is 0. The number of aryl methyl sites for hydroxylation is 1. The lowest BCUT2D eigenvalue weighted by Crippen LogP contribution is -2.14. The summed E-state index contributed by atoms with van der Waals surface area (Å²) >= 11 is 0. The number of rotatable bonds is 10. The molecule has 21 heavy (non-hydrogen) atoms. The van der Waals surface area contributed by atoms with Gasteiger partial charge in [0.2, 0.25) is 0 Å². The minimum Gasteiger partial charge on any atom is -0.388 e. The van der Waals surface area contributed by atoms with Crippen molar-refractivity contribution in [3.63, 3.8) is 0 Å². The summed E-state index contributed by atoms with van der Waals surface area (Å²) in [5, 5.41) is 6.60. The van der Waals surface area contributed by atoms with E-state index in [1.165, 1.54) is 29.5 Å². The number of benzene rings is 1. The van der Waals surface area contributed by atoms with E-state index in [1.807, 2.05) is 7.05 Å². The largest absolute Gasteiger partial charge is 0.388 e. The molecular weight excluding hydrogens is 256 g/mol. The number of allylic oxidation sites excluding steroid dienone is 1. The molecule has 2 heteroatoms. The van der Waals surface area contributed by atoms with E-state index in [-0.39, 0.29) is 0 Å². The average molecular weight is 286 g/mol. The Bertz CT molecular complexity index is 474. The van der Waals surface area contributed by atoms with Gasteiger partial charge < -0.3 is 10.6 Å². The maximum absolute atomic E-state index is 4.26. The van der Waals surface area contributed by atoms with Gasteiger partial charge in [0.15, 0.2) is 0 Å². The lowest BCUT2D eigenvalue weighted by molar-refractivity contribution is 0.706. The summed E-state index contributed by atoms with van der Waals surface area (Å²) in [6.45, 7) is 13.6. The van der Waals surface area contributed by atoms with Gasteiger partial charge in [-0.3, -0.25) is 0 Å². The normalized spacial score (nSPS) is 10.2. The van der Waals surface area contributed by atoms with Crippen molar-refractivity contribution in [2.24, 2.45) is 0 Å². The fraction of sp³-hybridized carbons (Fsp3) is 0.474. The van der Waals surface area contributed by atoms with E-state index in [0.29, 0.717) is 0 Å². The van der Waals surface area contributed by atoms with Crippen molar-refractivity contribution in [1.29, 1.82) is 0 Å². The molecule has 0 saturated heterocycles. The molecule has 0 aliphatic rings. The SMILES string of the molecule is C=C(CCCC)NCCC(=C)c1ccc(NC)cc1CC. The third-order valence-electron chi connectivity index (χ3n) is 3.79. The summed E-state index contributed by atoms with van der Waals surface area (Å²) in [6.07, 6.45) is 5.47. The summed E-state index contributed by atoms with van der Waals surface area (Å²) in [4.78, 5) is 0. The third-order valence-corrected chi connectivity index (χ3v) is 3.79. The summed E-state index contributed by atoms with van der Waals surface area (Å²) in [6, 6.07) is 6.51. The van der Waals surface area contributed by atoms with Crippen LogP contribution in [-0.2, 0) is 6.42 Å². The third kappa shape index (κ3) is 5.66. The maximum atomic E-state index is 4.26. The van der Waals surface area contributed by atoms with Gasteiger partial charge in [0.05, 0.1) is 0 Å². The van der Waals surface area contributed by atoms with Crippen molar-refractivity contribution in [3.8, 4) is 0 Å². The average Bonchev–Trinajstić information content (AvgIpc) is 2.51. The fourth-order valence-electron chi connectivity index (χ4n) is 2.39. The van der Waals surface area contributed by atoms with E-state index in [1.54, 1.807) is 0 Å². The molecule has 2 nitrogen and oxygen atoms in total. The zero-order valence-electron chi connectivity index (χ0n) is 13.9. The van der Waals surface area contributed by atoms with Crippen molar-refractivity contribution < 1.29 is 0 Å². The van der Waals surface area contributed by atoms with Crippen molar-refractivity contribution in [2.45, 2.75) is 46.0 Å². The fourth-order valence-corrected chi connectivity index (χ4v) is 2.39. The smallest absolute Gasteiger partial charge is 0.0340 e. The van der Waals surface area contributed by atoms with Gasteiger partial charge in [-0.1, -0.05) is 39.5 Å². The van der Waals surface area contributed by atoms with E-state index in [2.05, 4.69) is 55.8 Å². The first kappa shape index (κ1) is 17.4. The van der Waals surface area contributed by atoms with Crippen LogP contribution in [0.1, 0.15) is 50.7 Å². The van der Waals surface area contributed by atoms with Crippen LogP contribution in [0.4, 0.5) is 5.69 Å². The monoisotopic (exact) mass is 286 g/mol. The highest BCUT2D eigenvalue weighted by Crippen LogP contribution is 2.24. The van der Waals surface area contributed by atoms with Crippen LogP contribution >= 0.6 is 0 Å². The van der Waals surface area contributed by atoms with Gasteiger partial charge in [-0.2, -0.15) is 0 Å². The van der Waals surface area contributed by atoms with Gasteiger partial charge in [-0.15, -0.1) is 0 Å². The van der Waals surface area contributed by atoms with Crippen molar-refractivity contribution >= 4 is 11.3 Å². The van der Waals surface area contributed by atoms with E-state index in [0.717, 1.165) is 37.2 Å². The highest BCUT2D eigenvalue weighted by molar-refractivity contribution is 5.69. The second kappa shape index (κ2) is 9.28. The van der Waals surface area contributed by atoms with Gasteiger partial charge >= 0.3 is 0 Å². The van der Waals surface area contributed by atoms with Crippen molar-refractivity contribution in [2.75, 3.05) is 18.9 Å². The summed E-state index contributed by atoms with van der Waals surface area (Å²) in [5.41, 5.74) is 6.15. The molecule has 0 saturated carbocycles. The Morgan fingerprint density at radius 2 is 1.90 bits per heavy atom. The molecule has 0 heterocycles. The number of anilines is 1. The van der Waals surface area contributed by atoms with Crippen molar-refractivity contribution in [1.82, 2.24) is 5.32 Å². The van der Waals surface area contributed by atoms with Crippen LogP contribution in [0.2, 0.25) is 0 Å². The molecule has 0 radical (unpaired) electrons. The standard InChI is InChI=1S/C19H30N2/c1-6-8-9-16(4)21-13-12-15(3)19-11-10-18(20-5)14-17(19)7-2/h10-11,14,20-21H,3-4,6-9,12-13H2,1-2,5H3. The molecule has 116 valence electrons. The molecule has 1 rings (SSSR count). The predicted octanol–water partition coefficient (Wildman–Crippen LogP) is 4.99. The predicted molar refractivity (Wildman–Crippen MR) is 95.7 cm³/mol. The Morgan fingerprint density at radius 1 is 1.14 bits per heavy atom. The molecule has 0 amide bonds. The Labute approximate surface area is 130 Å². The van der Waals surface area contributed by atoms with Gasteiger partial charge in [-0.05, 0) is 54.5 Å². The first-order valence-electron chi connectivity index (χ1n) is 8.02. The van der Waals surface area contributed by atoms with Gasteiger partial charge in [0.25, 0.3) is 0 Å². The molecule has 2 N–H and O–H groups in total. The summed E-state index contributed by atoms with van der Waals surface area (Å²) in [7, 11) is 1.95. The Hall–Kier alpha value is -1.70. The Balaban J connectivity index is 2.54. The molecule has 0 aromatic heterocycles. The number of nitrogens with one attached hydrogen (secondary N) is 2. The molecule has 0 fully saturated rings. The van der Waals surface area contributed by atoms with Crippen LogP contribution in [0.15, 0.2) is 37.1 Å². The van der Waals surface area contributed by atoms with E-state index < -0.39 is 0 Å². The number of unbranched alkanes of at least 4 members (excludes halogenated alkanes) is 1. The number of hydrogen-bond donors (Lipinski definition) is 2. The van der Waals surface area contributed by atoms with Gasteiger partial charge in [-0.25, -0.2) is 0 Å². The van der Waals surface area contributed by atoms with Crippen molar-refractivity contribution in [3.05, 3.63) is 48.2 Å². The molecule has 0 spiro atoms. The first-order valence-corrected chi connectivity index (χ1v) is 8.02. The van der Waals surface area contributed by atoms with E-state index >= 15 is 0 Å². The second-order valence-electron chi connectivity index (χ2n) is 5.46. The molecule has 1 aromatic rings.